The maximum Gasteiger partial charge on any atom is 0.259 e. The molecule has 0 bridgehead atoms. The standard InChI is InChI=1S/C27H20N2O3/c28-26(31)21-11-6-12-24-25(21)22-14-18-9-4-5-10-19(18)15-23(22)27(32)29(24)20(16-30)13-17-7-2-1-3-8-17/h1-12,14-16,20H,13H2,(H2,28,31)/t20-/m0/s1. The lowest BCUT2D eigenvalue weighted by atomic mass is 9.96. The molecular weight excluding hydrogens is 400 g/mol. The summed E-state index contributed by atoms with van der Waals surface area (Å²) in [5.74, 6) is -0.582. The second-order valence-corrected chi connectivity index (χ2v) is 7.88. The van der Waals surface area contributed by atoms with Gasteiger partial charge in [0.2, 0.25) is 5.91 Å². The monoisotopic (exact) mass is 420 g/mol. The van der Waals surface area contributed by atoms with Gasteiger partial charge in [-0.25, -0.2) is 0 Å². The predicted molar refractivity (Wildman–Crippen MR) is 127 cm³/mol. The van der Waals surface area contributed by atoms with Crippen LogP contribution in [0, 0.1) is 0 Å². The van der Waals surface area contributed by atoms with Crippen molar-refractivity contribution in [2.24, 2.45) is 5.73 Å². The van der Waals surface area contributed by atoms with E-state index in [0.29, 0.717) is 33.7 Å². The molecule has 5 nitrogen and oxygen atoms in total. The molecule has 1 atom stereocenters. The molecule has 1 heterocycles. The molecule has 1 aromatic heterocycles. The van der Waals surface area contributed by atoms with Gasteiger partial charge < -0.3 is 10.5 Å². The van der Waals surface area contributed by atoms with Crippen LogP contribution in [0.2, 0.25) is 0 Å². The van der Waals surface area contributed by atoms with Gasteiger partial charge in [0.05, 0.1) is 11.6 Å². The number of aldehydes is 1. The molecule has 5 rings (SSSR count). The number of rotatable bonds is 5. The van der Waals surface area contributed by atoms with Crippen LogP contribution in [0.1, 0.15) is 22.0 Å². The lowest BCUT2D eigenvalue weighted by Gasteiger charge is -2.20. The van der Waals surface area contributed by atoms with Crippen LogP contribution < -0.4 is 11.3 Å². The van der Waals surface area contributed by atoms with Gasteiger partial charge in [-0.3, -0.25) is 14.2 Å². The van der Waals surface area contributed by atoms with Crippen LogP contribution in [0.25, 0.3) is 32.4 Å². The third kappa shape index (κ3) is 3.15. The number of pyridine rings is 1. The number of fused-ring (bicyclic) bond motifs is 4. The summed E-state index contributed by atoms with van der Waals surface area (Å²) in [6, 6.07) is 25.4. The molecule has 0 unspecified atom stereocenters. The highest BCUT2D eigenvalue weighted by molar-refractivity contribution is 6.18. The Morgan fingerprint density at radius 1 is 0.875 bits per heavy atom. The Balaban J connectivity index is 1.92. The third-order valence-corrected chi connectivity index (χ3v) is 5.95. The second-order valence-electron chi connectivity index (χ2n) is 7.88. The topological polar surface area (TPSA) is 82.2 Å². The van der Waals surface area contributed by atoms with Gasteiger partial charge in [-0.05, 0) is 46.0 Å². The van der Waals surface area contributed by atoms with Crippen molar-refractivity contribution >= 4 is 44.6 Å². The Bertz CT molecular complexity index is 1570. The van der Waals surface area contributed by atoms with E-state index in [4.69, 9.17) is 5.73 Å². The quantitative estimate of drug-likeness (QED) is 0.260. The van der Waals surface area contributed by atoms with Crippen molar-refractivity contribution in [3.8, 4) is 0 Å². The fraction of sp³-hybridized carbons (Fsp3) is 0.0741. The first-order valence-corrected chi connectivity index (χ1v) is 10.4. The lowest BCUT2D eigenvalue weighted by Crippen LogP contribution is -2.28. The minimum Gasteiger partial charge on any atom is -0.366 e. The van der Waals surface area contributed by atoms with E-state index < -0.39 is 11.9 Å². The Hall–Kier alpha value is -4.25. The van der Waals surface area contributed by atoms with Crippen molar-refractivity contribution in [2.75, 3.05) is 0 Å². The summed E-state index contributed by atoms with van der Waals surface area (Å²) in [4.78, 5) is 38.3. The van der Waals surface area contributed by atoms with Gasteiger partial charge in [-0.1, -0.05) is 60.7 Å². The number of amides is 1. The van der Waals surface area contributed by atoms with E-state index >= 15 is 0 Å². The van der Waals surface area contributed by atoms with Crippen LogP contribution in [0.5, 0.6) is 0 Å². The highest BCUT2D eigenvalue weighted by Crippen LogP contribution is 2.31. The number of carbonyl (C=O) groups is 2. The normalized spacial score (nSPS) is 12.2. The van der Waals surface area contributed by atoms with Crippen molar-refractivity contribution in [3.05, 3.63) is 106 Å². The van der Waals surface area contributed by atoms with E-state index in [-0.39, 0.29) is 5.56 Å². The number of aromatic nitrogens is 1. The van der Waals surface area contributed by atoms with Crippen LogP contribution in [0.15, 0.2) is 89.7 Å². The third-order valence-electron chi connectivity index (χ3n) is 5.95. The molecule has 5 aromatic rings. The number of carbonyl (C=O) groups excluding carboxylic acids is 2. The first kappa shape index (κ1) is 19.7. The number of primary amides is 1. The molecule has 0 spiro atoms. The van der Waals surface area contributed by atoms with E-state index in [1.807, 2.05) is 66.7 Å². The maximum atomic E-state index is 13.7. The van der Waals surface area contributed by atoms with Gasteiger partial charge in [-0.15, -0.1) is 0 Å². The molecule has 0 fully saturated rings. The van der Waals surface area contributed by atoms with Crippen molar-refractivity contribution in [1.82, 2.24) is 4.57 Å². The molecule has 1 amide bonds. The molecule has 156 valence electrons. The number of nitrogens with two attached hydrogens (primary N) is 1. The van der Waals surface area contributed by atoms with Gasteiger partial charge in [0.25, 0.3) is 5.56 Å². The zero-order chi connectivity index (χ0) is 22.2. The van der Waals surface area contributed by atoms with Crippen LogP contribution in [0.3, 0.4) is 0 Å². The average molecular weight is 420 g/mol. The Labute approximate surface area is 183 Å². The molecule has 0 saturated carbocycles. The van der Waals surface area contributed by atoms with Crippen molar-refractivity contribution in [1.29, 1.82) is 0 Å². The lowest BCUT2D eigenvalue weighted by molar-refractivity contribution is -0.110. The van der Waals surface area contributed by atoms with Crippen molar-refractivity contribution in [2.45, 2.75) is 12.5 Å². The van der Waals surface area contributed by atoms with Crippen LogP contribution in [-0.4, -0.2) is 16.8 Å². The first-order chi connectivity index (χ1) is 15.6. The number of benzene rings is 4. The van der Waals surface area contributed by atoms with Gasteiger partial charge >= 0.3 is 0 Å². The van der Waals surface area contributed by atoms with E-state index in [0.717, 1.165) is 22.6 Å². The summed E-state index contributed by atoms with van der Waals surface area (Å²) in [5.41, 5.74) is 7.21. The molecule has 0 aliphatic rings. The smallest absolute Gasteiger partial charge is 0.259 e. The number of hydrogen-bond donors (Lipinski definition) is 1. The zero-order valence-corrected chi connectivity index (χ0v) is 17.2. The van der Waals surface area contributed by atoms with Gasteiger partial charge in [0.15, 0.2) is 0 Å². The largest absolute Gasteiger partial charge is 0.366 e. The molecule has 2 N–H and O–H groups in total. The van der Waals surface area contributed by atoms with Crippen molar-refractivity contribution in [3.63, 3.8) is 0 Å². The summed E-state index contributed by atoms with van der Waals surface area (Å²) < 4.78 is 1.50. The molecule has 0 saturated heterocycles. The van der Waals surface area contributed by atoms with Gasteiger partial charge in [0, 0.05) is 22.8 Å². The molecule has 0 aliphatic heterocycles. The summed E-state index contributed by atoms with van der Waals surface area (Å²) in [7, 11) is 0. The highest BCUT2D eigenvalue weighted by atomic mass is 16.1. The van der Waals surface area contributed by atoms with Gasteiger partial charge in [-0.2, -0.15) is 0 Å². The molecule has 32 heavy (non-hydrogen) atoms. The number of hydrogen-bond acceptors (Lipinski definition) is 3. The molecule has 0 radical (unpaired) electrons. The molecular formula is C27H20N2O3. The first-order valence-electron chi connectivity index (χ1n) is 10.4. The highest BCUT2D eigenvalue weighted by Gasteiger charge is 2.21. The predicted octanol–water partition coefficient (Wildman–Crippen LogP) is 4.39. The fourth-order valence-corrected chi connectivity index (χ4v) is 4.48. The summed E-state index contributed by atoms with van der Waals surface area (Å²) >= 11 is 0. The SMILES string of the molecule is NC(=O)c1cccc2c1c1cc3ccccc3cc1c(=O)n2[C@H](C=O)Cc1ccccc1. The Kier molecular flexibility index (Phi) is 4.79. The van der Waals surface area contributed by atoms with Crippen LogP contribution >= 0.6 is 0 Å². The van der Waals surface area contributed by atoms with E-state index in [1.54, 1.807) is 18.2 Å². The molecule has 5 heteroatoms. The van der Waals surface area contributed by atoms with Crippen LogP contribution in [0.4, 0.5) is 0 Å². The molecule has 0 aliphatic carbocycles. The van der Waals surface area contributed by atoms with E-state index in [9.17, 15) is 14.4 Å². The second kappa shape index (κ2) is 7.78. The van der Waals surface area contributed by atoms with Gasteiger partial charge in [0.1, 0.15) is 6.29 Å². The average Bonchev–Trinajstić information content (AvgIpc) is 2.82. The number of nitrogens with zero attached hydrogens (tertiary/aromatic N) is 1. The molecule has 4 aromatic carbocycles. The minimum absolute atomic E-state index is 0.270. The van der Waals surface area contributed by atoms with Crippen molar-refractivity contribution < 1.29 is 9.59 Å². The fourth-order valence-electron chi connectivity index (χ4n) is 4.48. The van der Waals surface area contributed by atoms with E-state index in [1.165, 1.54) is 4.57 Å². The minimum atomic E-state index is -0.730. The summed E-state index contributed by atoms with van der Waals surface area (Å²) in [6.07, 6.45) is 1.15. The Morgan fingerprint density at radius 3 is 2.19 bits per heavy atom. The van der Waals surface area contributed by atoms with E-state index in [2.05, 4.69) is 0 Å². The zero-order valence-electron chi connectivity index (χ0n) is 17.2. The maximum absolute atomic E-state index is 13.7. The van der Waals surface area contributed by atoms with Crippen LogP contribution in [-0.2, 0) is 11.2 Å². The Morgan fingerprint density at radius 2 is 1.53 bits per heavy atom. The summed E-state index contributed by atoms with van der Waals surface area (Å²) in [6.45, 7) is 0. The summed E-state index contributed by atoms with van der Waals surface area (Å²) in [5, 5.41) is 3.54.